The third-order valence-electron chi connectivity index (χ3n) is 5.81. The van der Waals surface area contributed by atoms with Crippen LogP contribution < -0.4 is 5.56 Å². The van der Waals surface area contributed by atoms with Crippen LogP contribution in [0.5, 0.6) is 0 Å². The number of hydrogen-bond acceptors (Lipinski definition) is 5. The fourth-order valence-corrected chi connectivity index (χ4v) is 3.92. The van der Waals surface area contributed by atoms with Crippen LogP contribution >= 0.6 is 0 Å². The van der Waals surface area contributed by atoms with E-state index in [1.165, 1.54) is 34.7 Å². The third-order valence-corrected chi connectivity index (χ3v) is 5.81. The van der Waals surface area contributed by atoms with Crippen molar-refractivity contribution >= 4 is 22.4 Å². The van der Waals surface area contributed by atoms with Crippen molar-refractivity contribution in [2.75, 3.05) is 0 Å². The second kappa shape index (κ2) is 7.88. The molecule has 4 aromatic rings. The van der Waals surface area contributed by atoms with Gasteiger partial charge in [0.25, 0.3) is 11.2 Å². The first kappa shape index (κ1) is 21.2. The Morgan fingerprint density at radius 3 is 2.47 bits per heavy atom. The van der Waals surface area contributed by atoms with Crippen molar-refractivity contribution in [2.24, 2.45) is 0 Å². The third kappa shape index (κ3) is 3.60. The van der Waals surface area contributed by atoms with Crippen LogP contribution in [0.2, 0.25) is 0 Å². The quantitative estimate of drug-likeness (QED) is 0.268. The van der Waals surface area contributed by atoms with Crippen molar-refractivity contribution in [3.05, 3.63) is 97.3 Å². The molecule has 0 N–H and O–H groups in total. The summed E-state index contributed by atoms with van der Waals surface area (Å²) in [4.78, 5) is 40.6. The molecule has 8 heteroatoms. The van der Waals surface area contributed by atoms with Gasteiger partial charge in [-0.3, -0.25) is 24.3 Å². The number of ketones is 1. The number of non-ortho nitro benzene ring substituents is 1. The predicted molar refractivity (Wildman–Crippen MR) is 122 cm³/mol. The Kier molecular flexibility index (Phi) is 5.22. The summed E-state index contributed by atoms with van der Waals surface area (Å²) < 4.78 is 3.21. The average molecular weight is 430 g/mol. The lowest BCUT2D eigenvalue weighted by atomic mass is 10.1. The number of aromatic nitrogens is 3. The van der Waals surface area contributed by atoms with Crippen LogP contribution in [0.15, 0.2) is 53.6 Å². The van der Waals surface area contributed by atoms with Crippen molar-refractivity contribution in [3.8, 4) is 5.69 Å². The molecule has 0 amide bonds. The molecule has 32 heavy (non-hydrogen) atoms. The Morgan fingerprint density at radius 2 is 1.78 bits per heavy atom. The molecule has 0 fully saturated rings. The molecular formula is C24H22N4O4. The van der Waals surface area contributed by atoms with Gasteiger partial charge in [0.15, 0.2) is 5.78 Å². The lowest BCUT2D eigenvalue weighted by Gasteiger charge is -2.12. The average Bonchev–Trinajstić information content (AvgIpc) is 3.06. The molecule has 0 spiro atoms. The molecule has 2 aromatic carbocycles. The summed E-state index contributed by atoms with van der Waals surface area (Å²) in [5.74, 6) is -0.234. The van der Waals surface area contributed by atoms with E-state index in [1.807, 2.05) is 50.5 Å². The second-order valence-corrected chi connectivity index (χ2v) is 7.95. The maximum absolute atomic E-state index is 13.1. The number of carbonyl (C=O) groups excluding carboxylic acids is 1. The predicted octanol–water partition coefficient (Wildman–Crippen LogP) is 4.21. The Hall–Kier alpha value is -4.07. The summed E-state index contributed by atoms with van der Waals surface area (Å²) in [6.07, 6.45) is 1.30. The molecular weight excluding hydrogens is 408 g/mol. The Bertz CT molecular complexity index is 1460. The van der Waals surface area contributed by atoms with E-state index < -0.39 is 10.5 Å². The van der Waals surface area contributed by atoms with E-state index in [1.54, 1.807) is 0 Å². The van der Waals surface area contributed by atoms with E-state index in [4.69, 9.17) is 0 Å². The van der Waals surface area contributed by atoms with Crippen LogP contribution in [0.3, 0.4) is 0 Å². The van der Waals surface area contributed by atoms with Crippen LogP contribution in [0.1, 0.15) is 32.9 Å². The van der Waals surface area contributed by atoms with Crippen LogP contribution in [0.25, 0.3) is 16.6 Å². The molecule has 0 aliphatic rings. The van der Waals surface area contributed by atoms with Gasteiger partial charge in [-0.2, -0.15) is 0 Å². The van der Waals surface area contributed by atoms with Gasteiger partial charge < -0.3 is 4.57 Å². The number of carbonyl (C=O) groups is 1. The number of Topliss-reactive ketones (excluding diaryl/α,β-unsaturated/α-hetero) is 1. The van der Waals surface area contributed by atoms with Gasteiger partial charge in [0.2, 0.25) is 0 Å². The first-order valence-corrected chi connectivity index (χ1v) is 10.1. The van der Waals surface area contributed by atoms with Crippen LogP contribution in [-0.4, -0.2) is 24.8 Å². The largest absolute Gasteiger partial charge is 0.318 e. The zero-order valence-corrected chi connectivity index (χ0v) is 18.2. The van der Waals surface area contributed by atoms with Crippen molar-refractivity contribution in [1.82, 2.24) is 14.1 Å². The molecule has 8 nitrogen and oxygen atoms in total. The summed E-state index contributed by atoms with van der Waals surface area (Å²) in [6.45, 7) is 7.69. The van der Waals surface area contributed by atoms with Crippen LogP contribution in [-0.2, 0) is 6.54 Å². The van der Waals surface area contributed by atoms with E-state index in [0.29, 0.717) is 11.1 Å². The Morgan fingerprint density at radius 1 is 1.03 bits per heavy atom. The Balaban J connectivity index is 1.71. The summed E-state index contributed by atoms with van der Waals surface area (Å²) >= 11 is 0. The topological polar surface area (TPSA) is 100 Å². The summed E-state index contributed by atoms with van der Waals surface area (Å²) in [6, 6.07) is 11.9. The highest BCUT2D eigenvalue weighted by molar-refractivity contribution is 5.97. The number of hydrogen-bond donors (Lipinski definition) is 0. The van der Waals surface area contributed by atoms with E-state index in [-0.39, 0.29) is 23.4 Å². The number of benzene rings is 2. The van der Waals surface area contributed by atoms with E-state index in [0.717, 1.165) is 22.6 Å². The van der Waals surface area contributed by atoms with E-state index >= 15 is 0 Å². The number of nitro groups is 1. The first-order chi connectivity index (χ1) is 15.2. The van der Waals surface area contributed by atoms with Crippen LogP contribution in [0, 0.1) is 37.8 Å². The maximum Gasteiger partial charge on any atom is 0.270 e. The fourth-order valence-electron chi connectivity index (χ4n) is 3.92. The molecule has 2 aromatic heterocycles. The highest BCUT2D eigenvalue weighted by atomic mass is 16.6. The monoisotopic (exact) mass is 430 g/mol. The lowest BCUT2D eigenvalue weighted by Crippen LogP contribution is -2.25. The summed E-state index contributed by atoms with van der Waals surface area (Å²) in [7, 11) is 0. The van der Waals surface area contributed by atoms with Gasteiger partial charge in [0.05, 0.1) is 28.7 Å². The van der Waals surface area contributed by atoms with Gasteiger partial charge >= 0.3 is 0 Å². The summed E-state index contributed by atoms with van der Waals surface area (Å²) in [5.41, 5.74) is 5.19. The molecule has 2 heterocycles. The molecule has 4 rings (SSSR count). The Labute approximate surface area is 183 Å². The SMILES string of the molecule is Cc1ccc(-n2c(C)cc(C(=O)Cn3cnc4ccc([N+](=O)[O-])cc4c3=O)c2C)cc1C. The maximum atomic E-state index is 13.1. The molecule has 162 valence electrons. The highest BCUT2D eigenvalue weighted by Crippen LogP contribution is 2.23. The highest BCUT2D eigenvalue weighted by Gasteiger charge is 2.19. The minimum atomic E-state index is -0.566. The van der Waals surface area contributed by atoms with Gasteiger partial charge in [-0.05, 0) is 63.1 Å². The van der Waals surface area contributed by atoms with Crippen molar-refractivity contribution in [2.45, 2.75) is 34.2 Å². The zero-order chi connectivity index (χ0) is 23.2. The van der Waals surface area contributed by atoms with Crippen molar-refractivity contribution < 1.29 is 9.72 Å². The van der Waals surface area contributed by atoms with E-state index in [2.05, 4.69) is 11.1 Å². The molecule has 0 aliphatic carbocycles. The molecule has 0 saturated carbocycles. The van der Waals surface area contributed by atoms with Crippen molar-refractivity contribution in [3.63, 3.8) is 0 Å². The molecule has 0 atom stereocenters. The number of nitrogens with zero attached hydrogens (tertiary/aromatic N) is 4. The van der Waals surface area contributed by atoms with Gasteiger partial charge in [-0.25, -0.2) is 4.98 Å². The van der Waals surface area contributed by atoms with Crippen molar-refractivity contribution in [1.29, 1.82) is 0 Å². The van der Waals surface area contributed by atoms with Gasteiger partial charge in [-0.15, -0.1) is 0 Å². The number of fused-ring (bicyclic) bond motifs is 1. The minimum Gasteiger partial charge on any atom is -0.318 e. The van der Waals surface area contributed by atoms with Gasteiger partial charge in [0.1, 0.15) is 0 Å². The smallest absolute Gasteiger partial charge is 0.270 e. The van der Waals surface area contributed by atoms with Gasteiger partial charge in [0, 0.05) is 34.8 Å². The minimum absolute atomic E-state index is 0.107. The standard InChI is InChI=1S/C24H22N4O4/c1-14-5-6-18(9-15(14)2)27-16(3)10-20(17(27)4)23(29)12-26-13-25-22-8-7-19(28(31)32)11-21(22)24(26)30/h5-11,13H,12H2,1-4H3. The number of rotatable bonds is 5. The van der Waals surface area contributed by atoms with Gasteiger partial charge in [-0.1, -0.05) is 6.07 Å². The molecule has 0 radical (unpaired) electrons. The molecule has 0 aliphatic heterocycles. The molecule has 0 bridgehead atoms. The first-order valence-electron chi connectivity index (χ1n) is 10.1. The number of nitro benzene ring substituents is 1. The van der Waals surface area contributed by atoms with E-state index in [9.17, 15) is 19.7 Å². The molecule has 0 saturated heterocycles. The fraction of sp³-hybridized carbons (Fsp3) is 0.208. The lowest BCUT2D eigenvalue weighted by molar-refractivity contribution is -0.384. The second-order valence-electron chi connectivity index (χ2n) is 7.95. The number of aryl methyl sites for hydroxylation is 3. The normalized spacial score (nSPS) is 11.1. The summed E-state index contributed by atoms with van der Waals surface area (Å²) in [5, 5.41) is 11.2. The zero-order valence-electron chi connectivity index (χ0n) is 18.2. The van der Waals surface area contributed by atoms with Crippen LogP contribution in [0.4, 0.5) is 5.69 Å². The molecule has 0 unspecified atom stereocenters.